The van der Waals surface area contributed by atoms with Crippen molar-refractivity contribution < 1.29 is 4.92 Å². The molecule has 9 nitrogen and oxygen atoms in total. The van der Waals surface area contributed by atoms with Crippen LogP contribution in [0.3, 0.4) is 0 Å². The largest absolute Gasteiger partial charge is 0.378 e. The average Bonchev–Trinajstić information content (AvgIpc) is 2.47. The molecule has 0 aliphatic carbocycles. The number of hydrogen-bond donors (Lipinski definition) is 3. The number of nitrogens with two attached hydrogens (primary N) is 1. The predicted molar refractivity (Wildman–Crippen MR) is 80.5 cm³/mol. The van der Waals surface area contributed by atoms with Crippen LogP contribution in [0.2, 0.25) is 0 Å². The molecule has 2 aromatic rings. The highest BCUT2D eigenvalue weighted by molar-refractivity contribution is 5.73. The highest BCUT2D eigenvalue weighted by atomic mass is 16.6. The third kappa shape index (κ3) is 3.15. The summed E-state index contributed by atoms with van der Waals surface area (Å²) in [5, 5.41) is 14.0. The molecule has 0 atom stereocenters. The quantitative estimate of drug-likeness (QED) is 0.430. The highest BCUT2D eigenvalue weighted by Crippen LogP contribution is 2.30. The maximum Gasteiger partial charge on any atom is 0.354 e. The van der Waals surface area contributed by atoms with Gasteiger partial charge in [0.15, 0.2) is 0 Å². The smallest absolute Gasteiger partial charge is 0.354 e. The summed E-state index contributed by atoms with van der Waals surface area (Å²) in [5.74, 6) is 5.24. The van der Waals surface area contributed by atoms with Gasteiger partial charge in [-0.05, 0) is 24.3 Å². The summed E-state index contributed by atoms with van der Waals surface area (Å²) in [6, 6.07) is 7.38. The van der Waals surface area contributed by atoms with Crippen LogP contribution in [0.15, 0.2) is 30.6 Å². The number of nitrogens with zero attached hydrogens (tertiary/aromatic N) is 4. The summed E-state index contributed by atoms with van der Waals surface area (Å²) < 4.78 is 0. The lowest BCUT2D eigenvalue weighted by atomic mass is 10.2. The van der Waals surface area contributed by atoms with E-state index in [1.165, 1.54) is 6.33 Å². The van der Waals surface area contributed by atoms with E-state index in [1.807, 2.05) is 31.1 Å². The summed E-state index contributed by atoms with van der Waals surface area (Å²) >= 11 is 0. The van der Waals surface area contributed by atoms with Crippen LogP contribution in [-0.2, 0) is 0 Å². The van der Waals surface area contributed by atoms with Crippen LogP contribution in [-0.4, -0.2) is 29.0 Å². The summed E-state index contributed by atoms with van der Waals surface area (Å²) in [7, 11) is 3.85. The molecule has 0 spiro atoms. The number of aromatic nitrogens is 2. The van der Waals surface area contributed by atoms with E-state index in [2.05, 4.69) is 20.7 Å². The van der Waals surface area contributed by atoms with Crippen molar-refractivity contribution in [2.75, 3.05) is 29.7 Å². The Balaban J connectivity index is 2.33. The van der Waals surface area contributed by atoms with E-state index in [1.54, 1.807) is 12.1 Å². The number of benzene rings is 1. The minimum Gasteiger partial charge on any atom is -0.378 e. The van der Waals surface area contributed by atoms with Crippen molar-refractivity contribution in [3.8, 4) is 0 Å². The molecule has 9 heteroatoms. The van der Waals surface area contributed by atoms with Crippen LogP contribution < -0.4 is 21.5 Å². The number of hydrazine groups is 1. The highest BCUT2D eigenvalue weighted by Gasteiger charge is 2.22. The van der Waals surface area contributed by atoms with Crippen molar-refractivity contribution >= 4 is 28.7 Å². The molecule has 4 N–H and O–H groups in total. The molecule has 1 aromatic carbocycles. The van der Waals surface area contributed by atoms with Gasteiger partial charge in [-0.1, -0.05) is 0 Å². The fraction of sp³-hybridized carbons (Fsp3) is 0.167. The molecule has 1 heterocycles. The molecule has 0 aliphatic rings. The van der Waals surface area contributed by atoms with E-state index in [9.17, 15) is 10.1 Å². The molecule has 0 unspecified atom stereocenters. The minimum absolute atomic E-state index is 0.0533. The Bertz CT molecular complexity index is 643. The molecule has 0 radical (unpaired) electrons. The lowest BCUT2D eigenvalue weighted by molar-refractivity contribution is -0.383. The molecular weight excluding hydrogens is 274 g/mol. The molecule has 0 amide bonds. The Morgan fingerprint density at radius 1 is 1.19 bits per heavy atom. The van der Waals surface area contributed by atoms with Gasteiger partial charge in [-0.25, -0.2) is 15.8 Å². The summed E-state index contributed by atoms with van der Waals surface area (Å²) in [6.07, 6.45) is 1.19. The van der Waals surface area contributed by atoms with Crippen LogP contribution in [0, 0.1) is 10.1 Å². The number of nitro groups is 1. The summed E-state index contributed by atoms with van der Waals surface area (Å²) in [4.78, 5) is 20.1. The van der Waals surface area contributed by atoms with Crippen LogP contribution in [0.4, 0.5) is 28.7 Å². The number of hydrogen-bond acceptors (Lipinski definition) is 8. The predicted octanol–water partition coefficient (Wildman–Crippen LogP) is 1.48. The molecule has 0 saturated heterocycles. The maximum atomic E-state index is 11.1. The molecule has 0 aliphatic heterocycles. The fourth-order valence-corrected chi connectivity index (χ4v) is 1.73. The van der Waals surface area contributed by atoms with Crippen molar-refractivity contribution in [1.82, 2.24) is 9.97 Å². The van der Waals surface area contributed by atoms with Crippen molar-refractivity contribution in [3.05, 3.63) is 40.7 Å². The van der Waals surface area contributed by atoms with Gasteiger partial charge in [0.05, 0.1) is 4.92 Å². The summed E-state index contributed by atoms with van der Waals surface area (Å²) in [5.41, 5.74) is 3.57. The first-order chi connectivity index (χ1) is 10.0. The topological polar surface area (TPSA) is 122 Å². The molecule has 2 rings (SSSR count). The van der Waals surface area contributed by atoms with Crippen LogP contribution >= 0.6 is 0 Å². The fourth-order valence-electron chi connectivity index (χ4n) is 1.73. The van der Waals surface area contributed by atoms with E-state index in [-0.39, 0.29) is 17.3 Å². The van der Waals surface area contributed by atoms with Crippen molar-refractivity contribution in [3.63, 3.8) is 0 Å². The second kappa shape index (κ2) is 6.01. The Morgan fingerprint density at radius 2 is 1.81 bits per heavy atom. The third-order valence-corrected chi connectivity index (χ3v) is 2.79. The first-order valence-corrected chi connectivity index (χ1v) is 6.03. The second-order valence-electron chi connectivity index (χ2n) is 4.39. The van der Waals surface area contributed by atoms with Gasteiger partial charge in [-0.3, -0.25) is 10.1 Å². The number of nitrogens with one attached hydrogen (secondary N) is 2. The first-order valence-electron chi connectivity index (χ1n) is 6.03. The van der Waals surface area contributed by atoms with Crippen LogP contribution in [0.25, 0.3) is 0 Å². The zero-order valence-corrected chi connectivity index (χ0v) is 11.6. The summed E-state index contributed by atoms with van der Waals surface area (Å²) in [6.45, 7) is 0. The monoisotopic (exact) mass is 289 g/mol. The Morgan fingerprint density at radius 3 is 2.33 bits per heavy atom. The number of anilines is 4. The van der Waals surface area contributed by atoms with Gasteiger partial charge in [0.1, 0.15) is 6.33 Å². The molecule has 110 valence electrons. The van der Waals surface area contributed by atoms with Crippen molar-refractivity contribution in [2.24, 2.45) is 5.84 Å². The van der Waals surface area contributed by atoms with Crippen molar-refractivity contribution in [1.29, 1.82) is 0 Å². The van der Waals surface area contributed by atoms with E-state index in [0.717, 1.165) is 5.69 Å². The van der Waals surface area contributed by atoms with E-state index in [4.69, 9.17) is 5.84 Å². The van der Waals surface area contributed by atoms with Gasteiger partial charge in [0.25, 0.3) is 0 Å². The van der Waals surface area contributed by atoms with Gasteiger partial charge >= 0.3 is 5.69 Å². The average molecular weight is 289 g/mol. The molecule has 1 aromatic heterocycles. The molecule has 0 saturated carbocycles. The molecule has 0 fully saturated rings. The van der Waals surface area contributed by atoms with E-state index >= 15 is 0 Å². The number of rotatable bonds is 5. The zero-order valence-electron chi connectivity index (χ0n) is 11.6. The normalized spacial score (nSPS) is 10.0. The van der Waals surface area contributed by atoms with E-state index < -0.39 is 4.92 Å². The van der Waals surface area contributed by atoms with E-state index in [0.29, 0.717) is 5.69 Å². The Kier molecular flexibility index (Phi) is 4.14. The Hall–Kier alpha value is -2.94. The van der Waals surface area contributed by atoms with Gasteiger partial charge in [0.2, 0.25) is 11.6 Å². The number of nitrogen functional groups attached to an aromatic ring is 1. The van der Waals surface area contributed by atoms with Crippen molar-refractivity contribution in [2.45, 2.75) is 0 Å². The second-order valence-corrected chi connectivity index (χ2v) is 4.39. The maximum absolute atomic E-state index is 11.1. The SMILES string of the molecule is CN(C)c1ccc(Nc2ncnc(NN)c2[N+](=O)[O-])cc1. The molecule has 21 heavy (non-hydrogen) atoms. The standard InChI is InChI=1S/C12H15N7O2/c1-18(2)9-5-3-8(4-6-9)16-11-10(19(20)21)12(17-13)15-7-14-11/h3-7H,13H2,1-2H3,(H2,14,15,16,17). The van der Waals surface area contributed by atoms with Crippen LogP contribution in [0.5, 0.6) is 0 Å². The lowest BCUT2D eigenvalue weighted by Crippen LogP contribution is -2.12. The molecular formula is C12H15N7O2. The zero-order chi connectivity index (χ0) is 15.4. The van der Waals surface area contributed by atoms with Crippen LogP contribution in [0.1, 0.15) is 0 Å². The minimum atomic E-state index is -0.592. The van der Waals surface area contributed by atoms with Gasteiger partial charge in [-0.15, -0.1) is 0 Å². The Labute approximate surface area is 120 Å². The van der Waals surface area contributed by atoms with Gasteiger partial charge in [0, 0.05) is 25.5 Å². The van der Waals surface area contributed by atoms with Gasteiger partial charge < -0.3 is 15.6 Å². The first kappa shape index (κ1) is 14.5. The lowest BCUT2D eigenvalue weighted by Gasteiger charge is -2.13. The molecule has 0 bridgehead atoms. The third-order valence-electron chi connectivity index (χ3n) is 2.79. The van der Waals surface area contributed by atoms with Gasteiger partial charge in [-0.2, -0.15) is 0 Å².